The van der Waals surface area contributed by atoms with Crippen molar-refractivity contribution in [1.82, 2.24) is 10.4 Å². The van der Waals surface area contributed by atoms with Crippen LogP contribution in [-0.2, 0) is 0 Å². The van der Waals surface area contributed by atoms with Crippen LogP contribution in [-0.4, -0.2) is 4.98 Å². The highest BCUT2D eigenvalue weighted by Gasteiger charge is 2.20. The number of nitrogens with two attached hydrogens (primary N) is 1. The van der Waals surface area contributed by atoms with Crippen molar-refractivity contribution < 1.29 is 0 Å². The summed E-state index contributed by atoms with van der Waals surface area (Å²) in [4.78, 5) is 5.51. The Morgan fingerprint density at radius 2 is 2.14 bits per heavy atom. The minimum atomic E-state index is 0.260. The fraction of sp³-hybridized carbons (Fsp3) is 0.700. The summed E-state index contributed by atoms with van der Waals surface area (Å²) in [6.07, 6.45) is 4.22. The Labute approximate surface area is 89.7 Å². The van der Waals surface area contributed by atoms with Crippen molar-refractivity contribution in [3.63, 3.8) is 0 Å². The molecule has 0 aromatic carbocycles. The summed E-state index contributed by atoms with van der Waals surface area (Å²) in [7, 11) is 0. The summed E-state index contributed by atoms with van der Waals surface area (Å²) >= 11 is 1.73. The molecule has 4 heteroatoms. The average molecular weight is 213 g/mol. The lowest BCUT2D eigenvalue weighted by molar-refractivity contribution is 0.349. The smallest absolute Gasteiger partial charge is 0.0897 e. The Kier molecular flexibility index (Phi) is 4.51. The van der Waals surface area contributed by atoms with Crippen LogP contribution in [0.1, 0.15) is 42.6 Å². The van der Waals surface area contributed by atoms with Crippen LogP contribution in [0.25, 0.3) is 0 Å². The first-order chi connectivity index (χ1) is 6.72. The zero-order valence-corrected chi connectivity index (χ0v) is 9.90. The van der Waals surface area contributed by atoms with Gasteiger partial charge in [0.2, 0.25) is 0 Å². The van der Waals surface area contributed by atoms with E-state index in [1.807, 2.05) is 13.1 Å². The second kappa shape index (κ2) is 5.44. The molecule has 0 fully saturated rings. The van der Waals surface area contributed by atoms with Gasteiger partial charge in [-0.05, 0) is 12.8 Å². The molecule has 0 saturated carbocycles. The van der Waals surface area contributed by atoms with Gasteiger partial charge >= 0.3 is 0 Å². The molecule has 80 valence electrons. The van der Waals surface area contributed by atoms with Gasteiger partial charge in [-0.25, -0.2) is 4.98 Å². The van der Waals surface area contributed by atoms with Gasteiger partial charge < -0.3 is 0 Å². The topological polar surface area (TPSA) is 50.9 Å². The fourth-order valence-electron chi connectivity index (χ4n) is 1.73. The quantitative estimate of drug-likeness (QED) is 0.583. The summed E-state index contributed by atoms with van der Waals surface area (Å²) in [6.45, 7) is 6.42. The summed E-state index contributed by atoms with van der Waals surface area (Å²) in [5.74, 6) is 6.19. The summed E-state index contributed by atoms with van der Waals surface area (Å²) in [5, 5.41) is 1.10. The first-order valence-corrected chi connectivity index (χ1v) is 5.93. The normalized spacial score (nSPS) is 13.5. The van der Waals surface area contributed by atoms with E-state index in [1.54, 1.807) is 11.3 Å². The van der Waals surface area contributed by atoms with Crippen LogP contribution in [0.2, 0.25) is 0 Å². The Hall–Kier alpha value is -0.450. The van der Waals surface area contributed by atoms with E-state index in [2.05, 4.69) is 24.3 Å². The average Bonchev–Trinajstić information content (AvgIpc) is 2.60. The number of aryl methyl sites for hydroxylation is 1. The minimum Gasteiger partial charge on any atom is -0.271 e. The van der Waals surface area contributed by atoms with Crippen molar-refractivity contribution in [2.24, 2.45) is 11.8 Å². The van der Waals surface area contributed by atoms with E-state index in [0.717, 1.165) is 17.8 Å². The molecule has 1 aromatic heterocycles. The van der Waals surface area contributed by atoms with Crippen LogP contribution in [0, 0.1) is 12.8 Å². The lowest BCUT2D eigenvalue weighted by Gasteiger charge is -2.22. The monoisotopic (exact) mass is 213 g/mol. The molecular weight excluding hydrogens is 194 g/mol. The molecule has 0 aliphatic heterocycles. The number of nitrogens with one attached hydrogen (secondary N) is 1. The van der Waals surface area contributed by atoms with E-state index in [-0.39, 0.29) is 6.04 Å². The SMILES string of the molecule is CCC(CC)C(NN)c1cnc(C)s1. The van der Waals surface area contributed by atoms with Gasteiger partial charge in [-0.15, -0.1) is 11.3 Å². The van der Waals surface area contributed by atoms with Gasteiger partial charge in [0.1, 0.15) is 0 Å². The number of hydrogen-bond donors (Lipinski definition) is 2. The third kappa shape index (κ3) is 2.53. The maximum Gasteiger partial charge on any atom is 0.0897 e. The van der Waals surface area contributed by atoms with Gasteiger partial charge in [0.15, 0.2) is 0 Å². The van der Waals surface area contributed by atoms with Gasteiger partial charge in [0, 0.05) is 11.1 Å². The highest BCUT2D eigenvalue weighted by molar-refractivity contribution is 7.11. The first-order valence-electron chi connectivity index (χ1n) is 5.11. The third-order valence-corrected chi connectivity index (χ3v) is 3.64. The molecule has 3 nitrogen and oxygen atoms in total. The van der Waals surface area contributed by atoms with Crippen LogP contribution in [0.5, 0.6) is 0 Å². The van der Waals surface area contributed by atoms with Crippen LogP contribution in [0.15, 0.2) is 6.20 Å². The Balaban J connectivity index is 2.80. The standard InChI is InChI=1S/C10H19N3S/c1-4-8(5-2)10(13-11)9-6-12-7(3)14-9/h6,8,10,13H,4-5,11H2,1-3H3. The molecule has 1 aromatic rings. The number of aromatic nitrogens is 1. The van der Waals surface area contributed by atoms with Crippen molar-refractivity contribution in [3.05, 3.63) is 16.1 Å². The second-order valence-corrected chi connectivity index (χ2v) is 4.77. The Morgan fingerprint density at radius 1 is 1.50 bits per heavy atom. The van der Waals surface area contributed by atoms with E-state index in [4.69, 9.17) is 5.84 Å². The molecule has 0 radical (unpaired) electrons. The van der Waals surface area contributed by atoms with E-state index in [1.165, 1.54) is 4.88 Å². The molecule has 0 aliphatic carbocycles. The number of nitrogens with zero attached hydrogens (tertiary/aromatic N) is 1. The van der Waals surface area contributed by atoms with E-state index in [0.29, 0.717) is 5.92 Å². The second-order valence-electron chi connectivity index (χ2n) is 3.50. The molecule has 0 saturated heterocycles. The van der Waals surface area contributed by atoms with Crippen LogP contribution in [0.4, 0.5) is 0 Å². The predicted molar refractivity (Wildman–Crippen MR) is 61.0 cm³/mol. The maximum atomic E-state index is 5.59. The van der Waals surface area contributed by atoms with Crippen LogP contribution in [0.3, 0.4) is 0 Å². The zero-order valence-electron chi connectivity index (χ0n) is 9.08. The van der Waals surface area contributed by atoms with Gasteiger partial charge in [0.05, 0.1) is 11.0 Å². The minimum absolute atomic E-state index is 0.260. The van der Waals surface area contributed by atoms with Gasteiger partial charge in [-0.2, -0.15) is 0 Å². The number of hydrazine groups is 1. The molecule has 14 heavy (non-hydrogen) atoms. The van der Waals surface area contributed by atoms with Crippen LogP contribution >= 0.6 is 11.3 Å². The van der Waals surface area contributed by atoms with Crippen LogP contribution < -0.4 is 11.3 Å². The van der Waals surface area contributed by atoms with Crippen molar-refractivity contribution >= 4 is 11.3 Å². The van der Waals surface area contributed by atoms with E-state index in [9.17, 15) is 0 Å². The van der Waals surface area contributed by atoms with Gasteiger partial charge in [-0.1, -0.05) is 26.7 Å². The van der Waals surface area contributed by atoms with Crippen molar-refractivity contribution in [1.29, 1.82) is 0 Å². The third-order valence-electron chi connectivity index (χ3n) is 2.65. The molecule has 3 N–H and O–H groups in total. The largest absolute Gasteiger partial charge is 0.271 e. The van der Waals surface area contributed by atoms with Crippen molar-refractivity contribution in [2.75, 3.05) is 0 Å². The molecule has 1 unspecified atom stereocenters. The molecule has 1 rings (SSSR count). The summed E-state index contributed by atoms with van der Waals surface area (Å²) < 4.78 is 0. The number of hydrogen-bond acceptors (Lipinski definition) is 4. The van der Waals surface area contributed by atoms with E-state index >= 15 is 0 Å². The number of thiazole rings is 1. The first kappa shape index (κ1) is 11.6. The predicted octanol–water partition coefficient (Wildman–Crippen LogP) is 2.39. The fourth-order valence-corrected chi connectivity index (χ4v) is 2.67. The molecule has 0 spiro atoms. The maximum absolute atomic E-state index is 5.59. The highest BCUT2D eigenvalue weighted by Crippen LogP contribution is 2.29. The Morgan fingerprint density at radius 3 is 2.50 bits per heavy atom. The number of rotatable bonds is 5. The molecule has 1 heterocycles. The van der Waals surface area contributed by atoms with E-state index < -0.39 is 0 Å². The molecule has 0 aliphatic rings. The summed E-state index contributed by atoms with van der Waals surface area (Å²) in [6, 6.07) is 0.260. The molecule has 0 bridgehead atoms. The highest BCUT2D eigenvalue weighted by atomic mass is 32.1. The van der Waals surface area contributed by atoms with Gasteiger partial charge in [-0.3, -0.25) is 11.3 Å². The Bertz CT molecular complexity index is 268. The molecule has 0 amide bonds. The summed E-state index contributed by atoms with van der Waals surface area (Å²) in [5.41, 5.74) is 2.90. The van der Waals surface area contributed by atoms with Crippen molar-refractivity contribution in [2.45, 2.75) is 39.7 Å². The van der Waals surface area contributed by atoms with Gasteiger partial charge in [0.25, 0.3) is 0 Å². The lowest BCUT2D eigenvalue weighted by atomic mass is 9.94. The molecular formula is C10H19N3S. The van der Waals surface area contributed by atoms with Crippen molar-refractivity contribution in [3.8, 4) is 0 Å². The molecule has 1 atom stereocenters. The lowest BCUT2D eigenvalue weighted by Crippen LogP contribution is -2.32. The zero-order chi connectivity index (χ0) is 10.6.